The Balaban J connectivity index is 2.01. The van der Waals surface area contributed by atoms with Crippen LogP contribution in [-0.4, -0.2) is 17.7 Å². The maximum absolute atomic E-state index is 11.1. The topological polar surface area (TPSA) is 33.5 Å². The molecule has 0 bridgehead atoms. The average molecular weight is 205 g/mol. The molecule has 15 heavy (non-hydrogen) atoms. The predicted octanol–water partition coefficient (Wildman–Crippen LogP) is 2.27. The van der Waals surface area contributed by atoms with Gasteiger partial charge >= 0.3 is 0 Å². The van der Waals surface area contributed by atoms with Gasteiger partial charge in [-0.05, 0) is 25.5 Å². The maximum atomic E-state index is 11.1. The Morgan fingerprint density at radius 1 is 1.40 bits per heavy atom. The van der Waals surface area contributed by atoms with Crippen LogP contribution in [0.5, 0.6) is 0 Å². The van der Waals surface area contributed by atoms with Crippen LogP contribution in [0.25, 0.3) is 0 Å². The van der Waals surface area contributed by atoms with Crippen molar-refractivity contribution in [2.45, 2.75) is 26.3 Å². The summed E-state index contributed by atoms with van der Waals surface area (Å²) < 4.78 is 5.49. The van der Waals surface area contributed by atoms with Crippen LogP contribution in [0.2, 0.25) is 0 Å². The van der Waals surface area contributed by atoms with E-state index in [0.717, 1.165) is 30.2 Å². The van der Waals surface area contributed by atoms with Gasteiger partial charge in [0, 0.05) is 25.2 Å². The summed E-state index contributed by atoms with van der Waals surface area (Å²) in [5.74, 6) is 2.10. The number of hydrogen-bond acceptors (Lipinski definition) is 3. The summed E-state index contributed by atoms with van der Waals surface area (Å²) in [5, 5.41) is 0. The number of carbonyl (C=O) groups excluding carboxylic acids is 1. The van der Waals surface area contributed by atoms with Gasteiger partial charge in [0.1, 0.15) is 11.5 Å². The van der Waals surface area contributed by atoms with Crippen LogP contribution in [0, 0.1) is 6.92 Å². The van der Waals surface area contributed by atoms with E-state index in [1.54, 1.807) is 6.08 Å². The van der Waals surface area contributed by atoms with Gasteiger partial charge in [-0.25, -0.2) is 0 Å². The number of rotatable bonds is 3. The van der Waals surface area contributed by atoms with Gasteiger partial charge in [0.2, 0.25) is 0 Å². The minimum absolute atomic E-state index is 0.229. The second-order valence-electron chi connectivity index (χ2n) is 3.97. The molecule has 2 rings (SSSR count). The standard InChI is InChI=1S/C12H15NO2/c1-9-3-6-12(15-9)8-13(2)10-4-5-11(14)7-10/h3,6-7H,4-5,8H2,1-2H3. The number of carbonyl (C=O) groups is 1. The molecule has 0 N–H and O–H groups in total. The summed E-state index contributed by atoms with van der Waals surface area (Å²) in [7, 11) is 1.99. The van der Waals surface area contributed by atoms with Gasteiger partial charge in [0.05, 0.1) is 6.54 Å². The molecule has 0 saturated carbocycles. The lowest BCUT2D eigenvalue weighted by Gasteiger charge is -2.18. The van der Waals surface area contributed by atoms with E-state index in [2.05, 4.69) is 4.90 Å². The fourth-order valence-electron chi connectivity index (χ4n) is 1.79. The zero-order valence-corrected chi connectivity index (χ0v) is 9.12. The molecule has 0 fully saturated rings. The van der Waals surface area contributed by atoms with Crippen molar-refractivity contribution in [3.63, 3.8) is 0 Å². The van der Waals surface area contributed by atoms with Crippen LogP contribution in [0.3, 0.4) is 0 Å². The number of furan rings is 1. The number of ketones is 1. The van der Waals surface area contributed by atoms with E-state index in [0.29, 0.717) is 6.42 Å². The van der Waals surface area contributed by atoms with E-state index >= 15 is 0 Å². The zero-order valence-electron chi connectivity index (χ0n) is 9.12. The highest BCUT2D eigenvalue weighted by Crippen LogP contribution is 2.20. The number of allylic oxidation sites excluding steroid dienone is 2. The van der Waals surface area contributed by atoms with Gasteiger partial charge in [-0.15, -0.1) is 0 Å². The van der Waals surface area contributed by atoms with Gasteiger partial charge < -0.3 is 9.32 Å². The second-order valence-corrected chi connectivity index (χ2v) is 3.97. The minimum atomic E-state index is 0.229. The van der Waals surface area contributed by atoms with E-state index in [1.807, 2.05) is 26.1 Å². The van der Waals surface area contributed by atoms with Gasteiger partial charge in [-0.2, -0.15) is 0 Å². The molecule has 1 aliphatic carbocycles. The van der Waals surface area contributed by atoms with E-state index in [1.165, 1.54) is 0 Å². The lowest BCUT2D eigenvalue weighted by atomic mass is 10.3. The van der Waals surface area contributed by atoms with Crippen LogP contribution >= 0.6 is 0 Å². The molecule has 3 nitrogen and oxygen atoms in total. The number of nitrogens with zero attached hydrogens (tertiary/aromatic N) is 1. The third kappa shape index (κ3) is 2.29. The summed E-state index contributed by atoms with van der Waals surface area (Å²) in [5.41, 5.74) is 1.11. The first-order valence-electron chi connectivity index (χ1n) is 5.15. The van der Waals surface area contributed by atoms with Crippen molar-refractivity contribution < 1.29 is 9.21 Å². The van der Waals surface area contributed by atoms with Gasteiger partial charge in [0.15, 0.2) is 5.78 Å². The van der Waals surface area contributed by atoms with Crippen molar-refractivity contribution in [3.8, 4) is 0 Å². The second kappa shape index (κ2) is 3.93. The van der Waals surface area contributed by atoms with Crippen LogP contribution in [0.4, 0.5) is 0 Å². The van der Waals surface area contributed by atoms with Gasteiger partial charge in [-0.1, -0.05) is 0 Å². The van der Waals surface area contributed by atoms with Crippen LogP contribution in [-0.2, 0) is 11.3 Å². The molecule has 1 aliphatic rings. The van der Waals surface area contributed by atoms with Crippen molar-refractivity contribution in [1.29, 1.82) is 0 Å². The highest BCUT2D eigenvalue weighted by Gasteiger charge is 2.16. The van der Waals surface area contributed by atoms with Crippen molar-refractivity contribution in [2.75, 3.05) is 7.05 Å². The molecule has 0 aromatic carbocycles. The Labute approximate surface area is 89.4 Å². The first-order chi connectivity index (χ1) is 7.15. The minimum Gasteiger partial charge on any atom is -0.464 e. The lowest BCUT2D eigenvalue weighted by Crippen LogP contribution is -2.15. The first-order valence-corrected chi connectivity index (χ1v) is 5.15. The maximum Gasteiger partial charge on any atom is 0.157 e. The summed E-state index contributed by atoms with van der Waals surface area (Å²) in [6, 6.07) is 3.93. The smallest absolute Gasteiger partial charge is 0.157 e. The third-order valence-corrected chi connectivity index (χ3v) is 2.63. The summed E-state index contributed by atoms with van der Waals surface area (Å²) in [6.07, 6.45) is 3.24. The Hall–Kier alpha value is -1.51. The summed E-state index contributed by atoms with van der Waals surface area (Å²) >= 11 is 0. The molecule has 1 heterocycles. The molecule has 0 spiro atoms. The van der Waals surface area contributed by atoms with Gasteiger partial charge in [0.25, 0.3) is 0 Å². The zero-order chi connectivity index (χ0) is 10.8. The molecule has 0 aliphatic heterocycles. The molecular formula is C12H15NO2. The van der Waals surface area contributed by atoms with Crippen LogP contribution in [0.1, 0.15) is 24.4 Å². The largest absolute Gasteiger partial charge is 0.464 e. The Kier molecular flexibility index (Phi) is 2.62. The molecule has 1 aromatic heterocycles. The first kappa shape index (κ1) is 10.0. The van der Waals surface area contributed by atoms with E-state index in [9.17, 15) is 4.79 Å². The van der Waals surface area contributed by atoms with Crippen molar-refractivity contribution in [3.05, 3.63) is 35.4 Å². The SMILES string of the molecule is Cc1ccc(CN(C)C2=CC(=O)CC2)o1. The van der Waals surface area contributed by atoms with Crippen LogP contribution in [0.15, 0.2) is 28.3 Å². The monoisotopic (exact) mass is 205 g/mol. The van der Waals surface area contributed by atoms with Gasteiger partial charge in [-0.3, -0.25) is 4.79 Å². The highest BCUT2D eigenvalue weighted by atomic mass is 16.3. The van der Waals surface area contributed by atoms with E-state index in [-0.39, 0.29) is 5.78 Å². The van der Waals surface area contributed by atoms with Crippen molar-refractivity contribution in [1.82, 2.24) is 4.90 Å². The molecule has 80 valence electrons. The Morgan fingerprint density at radius 2 is 2.20 bits per heavy atom. The predicted molar refractivity (Wildman–Crippen MR) is 57.2 cm³/mol. The normalized spacial score (nSPS) is 15.6. The van der Waals surface area contributed by atoms with E-state index < -0.39 is 0 Å². The Bertz CT molecular complexity index is 404. The number of hydrogen-bond donors (Lipinski definition) is 0. The molecule has 0 atom stereocenters. The van der Waals surface area contributed by atoms with Crippen molar-refractivity contribution >= 4 is 5.78 Å². The molecule has 0 radical (unpaired) electrons. The van der Waals surface area contributed by atoms with Crippen molar-refractivity contribution in [2.24, 2.45) is 0 Å². The number of aryl methyl sites for hydroxylation is 1. The van der Waals surface area contributed by atoms with Crippen LogP contribution < -0.4 is 0 Å². The molecule has 0 unspecified atom stereocenters. The molecular weight excluding hydrogens is 190 g/mol. The molecule has 1 aromatic rings. The quantitative estimate of drug-likeness (QED) is 0.759. The fourth-order valence-corrected chi connectivity index (χ4v) is 1.79. The summed E-state index contributed by atoms with van der Waals surface area (Å²) in [6.45, 7) is 2.66. The molecule has 0 amide bonds. The third-order valence-electron chi connectivity index (χ3n) is 2.63. The summed E-state index contributed by atoms with van der Waals surface area (Å²) in [4.78, 5) is 13.2. The Morgan fingerprint density at radius 3 is 2.73 bits per heavy atom. The fraction of sp³-hybridized carbons (Fsp3) is 0.417. The highest BCUT2D eigenvalue weighted by molar-refractivity contribution is 5.92. The van der Waals surface area contributed by atoms with E-state index in [4.69, 9.17) is 4.42 Å². The molecule has 3 heteroatoms. The molecule has 0 saturated heterocycles. The lowest BCUT2D eigenvalue weighted by molar-refractivity contribution is -0.114. The average Bonchev–Trinajstić information content (AvgIpc) is 2.75.